The Bertz CT molecular complexity index is 631. The number of sulfonamides is 1. The van der Waals surface area contributed by atoms with Crippen LogP contribution in [0.3, 0.4) is 0 Å². The first-order chi connectivity index (χ1) is 9.32. The Labute approximate surface area is 127 Å². The molecule has 5 nitrogen and oxygen atoms in total. The van der Waals surface area contributed by atoms with Crippen LogP contribution in [0, 0.1) is 12.8 Å². The number of hydrogen-bond acceptors (Lipinski definition) is 3. The van der Waals surface area contributed by atoms with Crippen LogP contribution < -0.4 is 5.73 Å². The molecule has 1 atom stereocenters. The molecule has 1 fully saturated rings. The van der Waals surface area contributed by atoms with E-state index in [-0.39, 0.29) is 11.4 Å². The minimum absolute atomic E-state index is 0.173. The van der Waals surface area contributed by atoms with E-state index >= 15 is 0 Å². The van der Waals surface area contributed by atoms with Crippen LogP contribution in [0.1, 0.15) is 18.4 Å². The first-order valence-corrected chi connectivity index (χ1v) is 8.61. The van der Waals surface area contributed by atoms with E-state index in [0.717, 1.165) is 10.0 Å². The number of benzene rings is 1. The number of carbonyl (C=O) groups excluding carboxylic acids is 1. The van der Waals surface area contributed by atoms with E-state index in [2.05, 4.69) is 15.9 Å². The number of rotatable bonds is 3. The van der Waals surface area contributed by atoms with Crippen molar-refractivity contribution in [3.05, 3.63) is 28.2 Å². The number of aryl methyl sites for hydroxylation is 1. The summed E-state index contributed by atoms with van der Waals surface area (Å²) >= 11 is 3.35. The fourth-order valence-corrected chi connectivity index (χ4v) is 4.18. The van der Waals surface area contributed by atoms with Gasteiger partial charge in [0.15, 0.2) is 0 Å². The number of halogens is 1. The second kappa shape index (κ2) is 5.83. The molecule has 1 aliphatic heterocycles. The van der Waals surface area contributed by atoms with Gasteiger partial charge in [0, 0.05) is 17.6 Å². The highest BCUT2D eigenvalue weighted by atomic mass is 79.9. The zero-order chi connectivity index (χ0) is 14.9. The minimum atomic E-state index is -3.56. The average Bonchev–Trinajstić information content (AvgIpc) is 2.42. The SMILES string of the molecule is Cc1cc(S(=O)(=O)N2CCCC(C(N)=O)C2)ccc1Br. The third-order valence-electron chi connectivity index (χ3n) is 3.55. The number of carbonyl (C=O) groups is 1. The molecule has 1 unspecified atom stereocenters. The van der Waals surface area contributed by atoms with Crippen LogP contribution in [0.2, 0.25) is 0 Å². The summed E-state index contributed by atoms with van der Waals surface area (Å²) in [5.41, 5.74) is 6.14. The van der Waals surface area contributed by atoms with Crippen LogP contribution in [-0.2, 0) is 14.8 Å². The van der Waals surface area contributed by atoms with E-state index in [1.165, 1.54) is 4.31 Å². The molecular formula is C13H17BrN2O3S. The molecule has 0 aliphatic carbocycles. The number of piperidine rings is 1. The first kappa shape index (κ1) is 15.5. The van der Waals surface area contributed by atoms with Gasteiger partial charge in [-0.1, -0.05) is 15.9 Å². The van der Waals surface area contributed by atoms with Crippen molar-refractivity contribution in [1.82, 2.24) is 4.31 Å². The second-order valence-corrected chi connectivity index (χ2v) is 7.81. The molecule has 2 rings (SSSR count). The third kappa shape index (κ3) is 3.05. The van der Waals surface area contributed by atoms with Gasteiger partial charge in [-0.3, -0.25) is 4.79 Å². The summed E-state index contributed by atoms with van der Waals surface area (Å²) in [6.45, 7) is 2.44. The average molecular weight is 361 g/mol. The number of amides is 1. The Morgan fingerprint density at radius 3 is 2.75 bits per heavy atom. The molecule has 1 aromatic carbocycles. The summed E-state index contributed by atoms with van der Waals surface area (Å²) in [7, 11) is -3.56. The predicted octanol–water partition coefficient (Wildman–Crippen LogP) is 1.64. The number of nitrogens with zero attached hydrogens (tertiary/aromatic N) is 1. The van der Waals surface area contributed by atoms with Crippen LogP contribution in [0.5, 0.6) is 0 Å². The normalized spacial score (nSPS) is 20.8. The molecule has 7 heteroatoms. The van der Waals surface area contributed by atoms with Crippen molar-refractivity contribution >= 4 is 31.9 Å². The first-order valence-electron chi connectivity index (χ1n) is 6.38. The lowest BCUT2D eigenvalue weighted by molar-refractivity contribution is -0.122. The number of primary amides is 1. The number of nitrogens with two attached hydrogens (primary N) is 1. The van der Waals surface area contributed by atoms with Crippen molar-refractivity contribution in [3.8, 4) is 0 Å². The van der Waals surface area contributed by atoms with Gasteiger partial charge in [0.25, 0.3) is 0 Å². The van der Waals surface area contributed by atoms with Crippen molar-refractivity contribution in [2.75, 3.05) is 13.1 Å². The zero-order valence-corrected chi connectivity index (χ0v) is 13.6. The molecule has 1 aliphatic rings. The lowest BCUT2D eigenvalue weighted by Gasteiger charge is -2.30. The summed E-state index contributed by atoms with van der Waals surface area (Å²) in [5.74, 6) is -0.827. The van der Waals surface area contributed by atoms with E-state index in [1.807, 2.05) is 6.92 Å². The van der Waals surface area contributed by atoms with E-state index < -0.39 is 21.8 Å². The van der Waals surface area contributed by atoms with Gasteiger partial charge in [-0.2, -0.15) is 4.31 Å². The maximum Gasteiger partial charge on any atom is 0.243 e. The van der Waals surface area contributed by atoms with Crippen molar-refractivity contribution < 1.29 is 13.2 Å². The van der Waals surface area contributed by atoms with Crippen molar-refractivity contribution in [2.24, 2.45) is 11.7 Å². The molecular weight excluding hydrogens is 344 g/mol. The summed E-state index contributed by atoms with van der Waals surface area (Å²) in [4.78, 5) is 11.5. The maximum absolute atomic E-state index is 12.6. The molecule has 1 amide bonds. The molecule has 110 valence electrons. The largest absolute Gasteiger partial charge is 0.369 e. The molecule has 0 radical (unpaired) electrons. The Balaban J connectivity index is 2.29. The van der Waals surface area contributed by atoms with E-state index in [9.17, 15) is 13.2 Å². The van der Waals surface area contributed by atoms with Gasteiger partial charge < -0.3 is 5.73 Å². The van der Waals surface area contributed by atoms with Crippen LogP contribution in [0.15, 0.2) is 27.6 Å². The summed E-state index contributed by atoms with van der Waals surface area (Å²) in [5, 5.41) is 0. The fourth-order valence-electron chi connectivity index (χ4n) is 2.32. The highest BCUT2D eigenvalue weighted by Crippen LogP contribution is 2.26. The van der Waals surface area contributed by atoms with Crippen LogP contribution in [-0.4, -0.2) is 31.7 Å². The Morgan fingerprint density at radius 1 is 1.45 bits per heavy atom. The van der Waals surface area contributed by atoms with Gasteiger partial charge in [-0.05, 0) is 43.5 Å². The molecule has 1 aromatic rings. The minimum Gasteiger partial charge on any atom is -0.369 e. The van der Waals surface area contributed by atoms with Gasteiger partial charge in [0.1, 0.15) is 0 Å². The van der Waals surface area contributed by atoms with Crippen molar-refractivity contribution in [3.63, 3.8) is 0 Å². The second-order valence-electron chi connectivity index (χ2n) is 5.02. The summed E-state index contributed by atoms with van der Waals surface area (Å²) in [6.07, 6.45) is 1.31. The lowest BCUT2D eigenvalue weighted by atomic mass is 9.99. The van der Waals surface area contributed by atoms with E-state index in [1.54, 1.807) is 18.2 Å². The molecule has 0 bridgehead atoms. The maximum atomic E-state index is 12.6. The van der Waals surface area contributed by atoms with Crippen LogP contribution in [0.4, 0.5) is 0 Å². The molecule has 1 saturated heterocycles. The van der Waals surface area contributed by atoms with Crippen LogP contribution in [0.25, 0.3) is 0 Å². The van der Waals surface area contributed by atoms with Crippen molar-refractivity contribution in [2.45, 2.75) is 24.7 Å². The molecule has 0 spiro atoms. The van der Waals surface area contributed by atoms with Crippen molar-refractivity contribution in [1.29, 1.82) is 0 Å². The Morgan fingerprint density at radius 2 is 2.15 bits per heavy atom. The zero-order valence-electron chi connectivity index (χ0n) is 11.2. The molecule has 0 aromatic heterocycles. The van der Waals surface area contributed by atoms with Crippen LogP contribution >= 0.6 is 15.9 Å². The Hall–Kier alpha value is -0.920. The summed E-state index contributed by atoms with van der Waals surface area (Å²) < 4.78 is 27.4. The van der Waals surface area contributed by atoms with Gasteiger partial charge in [-0.15, -0.1) is 0 Å². The molecule has 0 saturated carbocycles. The predicted molar refractivity (Wildman–Crippen MR) is 79.6 cm³/mol. The van der Waals surface area contributed by atoms with Gasteiger partial charge in [0.2, 0.25) is 15.9 Å². The van der Waals surface area contributed by atoms with E-state index in [0.29, 0.717) is 19.4 Å². The topological polar surface area (TPSA) is 80.5 Å². The molecule has 2 N–H and O–H groups in total. The lowest BCUT2D eigenvalue weighted by Crippen LogP contribution is -2.44. The van der Waals surface area contributed by atoms with Gasteiger partial charge in [-0.25, -0.2) is 8.42 Å². The Kier molecular flexibility index (Phi) is 4.51. The van der Waals surface area contributed by atoms with Gasteiger partial charge >= 0.3 is 0 Å². The monoisotopic (exact) mass is 360 g/mol. The third-order valence-corrected chi connectivity index (χ3v) is 6.30. The summed E-state index contributed by atoms with van der Waals surface area (Å²) in [6, 6.07) is 4.92. The van der Waals surface area contributed by atoms with Gasteiger partial charge in [0.05, 0.1) is 10.8 Å². The van der Waals surface area contributed by atoms with E-state index in [4.69, 9.17) is 5.73 Å². The quantitative estimate of drug-likeness (QED) is 0.889. The number of hydrogen-bond donors (Lipinski definition) is 1. The highest BCUT2D eigenvalue weighted by Gasteiger charge is 2.32. The fraction of sp³-hybridized carbons (Fsp3) is 0.462. The highest BCUT2D eigenvalue weighted by molar-refractivity contribution is 9.10. The smallest absolute Gasteiger partial charge is 0.243 e. The standard InChI is InChI=1S/C13H17BrN2O3S/c1-9-7-11(4-5-12(9)14)20(18,19)16-6-2-3-10(8-16)13(15)17/h4-5,7,10H,2-3,6,8H2,1H3,(H2,15,17). The molecule has 1 heterocycles. The molecule has 20 heavy (non-hydrogen) atoms.